The Kier molecular flexibility index (Phi) is 5.76. The van der Waals surface area contributed by atoms with Gasteiger partial charge in [0.2, 0.25) is 10.0 Å². The molecule has 3 rings (SSSR count). The molecule has 0 bridgehead atoms. The third kappa shape index (κ3) is 3.77. The minimum absolute atomic E-state index is 0.101. The normalized spacial score (nSPS) is 16.1. The van der Waals surface area contributed by atoms with E-state index in [1.54, 1.807) is 61.9 Å². The summed E-state index contributed by atoms with van der Waals surface area (Å²) in [5.41, 5.74) is 1.68. The number of hydrogen-bond donors (Lipinski definition) is 0. The van der Waals surface area contributed by atoms with Gasteiger partial charge in [0, 0.05) is 38.8 Å². The number of hydrogen-bond acceptors (Lipinski definition) is 5. The molecule has 9 heteroatoms. The lowest BCUT2D eigenvalue weighted by Crippen LogP contribution is -2.37. The predicted molar refractivity (Wildman–Crippen MR) is 105 cm³/mol. The van der Waals surface area contributed by atoms with Gasteiger partial charge in [0.15, 0.2) is 0 Å². The average Bonchev–Trinajstić information content (AvgIpc) is 2.85. The van der Waals surface area contributed by atoms with Crippen molar-refractivity contribution in [3.8, 4) is 5.75 Å². The van der Waals surface area contributed by atoms with E-state index < -0.39 is 10.0 Å². The van der Waals surface area contributed by atoms with Gasteiger partial charge in [-0.1, -0.05) is 0 Å². The van der Waals surface area contributed by atoms with Gasteiger partial charge in [-0.3, -0.25) is 9.48 Å². The Labute approximate surface area is 165 Å². The monoisotopic (exact) mass is 406 g/mol. The van der Waals surface area contributed by atoms with Crippen LogP contribution in [0.25, 0.3) is 0 Å². The van der Waals surface area contributed by atoms with E-state index in [0.717, 1.165) is 0 Å². The molecule has 0 atom stereocenters. The van der Waals surface area contributed by atoms with Crippen LogP contribution < -0.4 is 4.74 Å². The molecule has 28 heavy (non-hydrogen) atoms. The number of ether oxygens (including phenoxy) is 1. The van der Waals surface area contributed by atoms with Crippen LogP contribution in [0.1, 0.15) is 28.2 Å². The summed E-state index contributed by atoms with van der Waals surface area (Å²) in [4.78, 5) is 14.8. The molecule has 2 aromatic rings. The van der Waals surface area contributed by atoms with Crippen molar-refractivity contribution >= 4 is 15.9 Å². The molecule has 1 aliphatic rings. The molecule has 0 N–H and O–H groups in total. The molecule has 2 heterocycles. The smallest absolute Gasteiger partial charge is 0.253 e. The van der Waals surface area contributed by atoms with Crippen molar-refractivity contribution < 1.29 is 17.9 Å². The quantitative estimate of drug-likeness (QED) is 0.770. The zero-order valence-electron chi connectivity index (χ0n) is 16.7. The van der Waals surface area contributed by atoms with Crippen LogP contribution in [0.15, 0.2) is 29.2 Å². The first-order valence-electron chi connectivity index (χ1n) is 9.19. The van der Waals surface area contributed by atoms with Crippen LogP contribution in [-0.2, 0) is 17.1 Å². The van der Waals surface area contributed by atoms with Gasteiger partial charge in [-0.05, 0) is 44.5 Å². The Bertz CT molecular complexity index is 967. The van der Waals surface area contributed by atoms with Gasteiger partial charge in [-0.15, -0.1) is 0 Å². The molecule has 1 fully saturated rings. The number of methoxy groups -OCH3 is 1. The van der Waals surface area contributed by atoms with Crippen LogP contribution in [0.4, 0.5) is 0 Å². The average molecular weight is 407 g/mol. The summed E-state index contributed by atoms with van der Waals surface area (Å²) in [7, 11) is -0.342. The van der Waals surface area contributed by atoms with Crippen LogP contribution in [0.5, 0.6) is 5.75 Å². The highest BCUT2D eigenvalue weighted by molar-refractivity contribution is 7.89. The van der Waals surface area contributed by atoms with Crippen molar-refractivity contribution in [3.05, 3.63) is 41.2 Å². The van der Waals surface area contributed by atoms with E-state index in [4.69, 9.17) is 4.74 Å². The number of aryl methyl sites for hydroxylation is 2. The number of sulfonamides is 1. The minimum atomic E-state index is -3.65. The molecule has 8 nitrogen and oxygen atoms in total. The third-order valence-electron chi connectivity index (χ3n) is 5.12. The molecule has 0 unspecified atom stereocenters. The van der Waals surface area contributed by atoms with Gasteiger partial charge >= 0.3 is 0 Å². The Hall–Kier alpha value is -2.39. The number of nitrogens with zero attached hydrogens (tertiary/aromatic N) is 4. The first-order valence-corrected chi connectivity index (χ1v) is 10.6. The summed E-state index contributed by atoms with van der Waals surface area (Å²) in [6.07, 6.45) is 0.583. The van der Waals surface area contributed by atoms with Crippen molar-refractivity contribution in [1.82, 2.24) is 19.0 Å². The fourth-order valence-corrected chi connectivity index (χ4v) is 5.38. The Morgan fingerprint density at radius 1 is 1.07 bits per heavy atom. The van der Waals surface area contributed by atoms with Crippen LogP contribution in [-0.4, -0.2) is 66.6 Å². The van der Waals surface area contributed by atoms with Gasteiger partial charge in [0.1, 0.15) is 10.6 Å². The van der Waals surface area contributed by atoms with Gasteiger partial charge in [0.25, 0.3) is 5.91 Å². The highest BCUT2D eigenvalue weighted by Crippen LogP contribution is 2.24. The topological polar surface area (TPSA) is 84.7 Å². The van der Waals surface area contributed by atoms with Crippen molar-refractivity contribution in [2.75, 3.05) is 33.3 Å². The SMILES string of the molecule is COc1ccc(C(=O)N2CCCN(S(=O)(=O)c3c(C)nn(C)c3C)CC2)cc1. The summed E-state index contributed by atoms with van der Waals surface area (Å²) in [6, 6.07) is 6.94. The van der Waals surface area contributed by atoms with E-state index in [-0.39, 0.29) is 17.3 Å². The van der Waals surface area contributed by atoms with Gasteiger partial charge < -0.3 is 9.64 Å². The van der Waals surface area contributed by atoms with E-state index >= 15 is 0 Å². The van der Waals surface area contributed by atoms with E-state index in [1.807, 2.05) is 0 Å². The number of carbonyl (C=O) groups excluding carboxylic acids is 1. The summed E-state index contributed by atoms with van der Waals surface area (Å²) >= 11 is 0. The van der Waals surface area contributed by atoms with Crippen molar-refractivity contribution in [2.24, 2.45) is 7.05 Å². The Balaban J connectivity index is 1.76. The number of rotatable bonds is 4. The van der Waals surface area contributed by atoms with Crippen LogP contribution >= 0.6 is 0 Å². The Morgan fingerprint density at radius 2 is 1.75 bits per heavy atom. The molecule has 1 amide bonds. The van der Waals surface area contributed by atoms with Crippen LogP contribution in [0.3, 0.4) is 0 Å². The van der Waals surface area contributed by atoms with E-state index in [1.165, 1.54) is 4.31 Å². The third-order valence-corrected chi connectivity index (χ3v) is 7.27. The van der Waals surface area contributed by atoms with Crippen molar-refractivity contribution in [3.63, 3.8) is 0 Å². The predicted octanol–water partition coefficient (Wildman–Crippen LogP) is 1.58. The molecule has 0 aliphatic carbocycles. The minimum Gasteiger partial charge on any atom is -0.497 e. The highest BCUT2D eigenvalue weighted by atomic mass is 32.2. The van der Waals surface area contributed by atoms with E-state index in [9.17, 15) is 13.2 Å². The summed E-state index contributed by atoms with van der Waals surface area (Å²) in [5.74, 6) is 0.586. The zero-order valence-corrected chi connectivity index (χ0v) is 17.5. The lowest BCUT2D eigenvalue weighted by molar-refractivity contribution is 0.0764. The second-order valence-electron chi connectivity index (χ2n) is 6.90. The standard InChI is InChI=1S/C19H26N4O4S/c1-14-18(15(2)21(3)20-14)28(25,26)23-11-5-10-22(12-13-23)19(24)16-6-8-17(27-4)9-7-16/h6-9H,5,10-13H2,1-4H3. The molecule has 0 spiro atoms. The molecule has 1 aliphatic heterocycles. The number of amides is 1. The lowest BCUT2D eigenvalue weighted by Gasteiger charge is -2.22. The number of carbonyl (C=O) groups is 1. The largest absolute Gasteiger partial charge is 0.497 e. The van der Waals surface area contributed by atoms with E-state index in [2.05, 4.69) is 5.10 Å². The fourth-order valence-electron chi connectivity index (χ4n) is 3.51. The summed E-state index contributed by atoms with van der Waals surface area (Å²) < 4.78 is 34.5. The maximum Gasteiger partial charge on any atom is 0.253 e. The lowest BCUT2D eigenvalue weighted by atomic mass is 10.2. The first-order chi connectivity index (χ1) is 13.3. The van der Waals surface area contributed by atoms with Gasteiger partial charge in [-0.25, -0.2) is 8.42 Å². The maximum absolute atomic E-state index is 13.2. The second-order valence-corrected chi connectivity index (χ2v) is 8.78. The Morgan fingerprint density at radius 3 is 2.32 bits per heavy atom. The number of benzene rings is 1. The van der Waals surface area contributed by atoms with Gasteiger partial charge in [0.05, 0.1) is 18.5 Å². The van der Waals surface area contributed by atoms with Crippen LogP contribution in [0, 0.1) is 13.8 Å². The van der Waals surface area contributed by atoms with E-state index in [0.29, 0.717) is 48.8 Å². The molecule has 0 saturated carbocycles. The molecule has 0 radical (unpaired) electrons. The summed E-state index contributed by atoms with van der Waals surface area (Å²) in [5, 5.41) is 4.23. The molecule has 1 saturated heterocycles. The zero-order chi connectivity index (χ0) is 20.5. The molecule has 152 valence electrons. The maximum atomic E-state index is 13.2. The first kappa shape index (κ1) is 20.3. The van der Waals surface area contributed by atoms with Crippen molar-refractivity contribution in [1.29, 1.82) is 0 Å². The van der Waals surface area contributed by atoms with Gasteiger partial charge in [-0.2, -0.15) is 9.40 Å². The fraction of sp³-hybridized carbons (Fsp3) is 0.474. The van der Waals surface area contributed by atoms with Crippen LogP contribution in [0.2, 0.25) is 0 Å². The molecule has 1 aromatic carbocycles. The second kappa shape index (κ2) is 7.92. The molecular weight excluding hydrogens is 380 g/mol. The summed E-state index contributed by atoms with van der Waals surface area (Å²) in [6.45, 7) is 4.96. The molecular formula is C19H26N4O4S. The highest BCUT2D eigenvalue weighted by Gasteiger charge is 2.32. The number of aromatic nitrogens is 2. The molecule has 1 aromatic heterocycles. The van der Waals surface area contributed by atoms with Crippen molar-refractivity contribution in [2.45, 2.75) is 25.2 Å².